The van der Waals surface area contributed by atoms with Crippen LogP contribution in [0.1, 0.15) is 12.6 Å². The molecule has 0 aliphatic carbocycles. The maximum atomic E-state index is 11.0. The van der Waals surface area contributed by atoms with Gasteiger partial charge in [-0.2, -0.15) is 5.10 Å². The number of aldehydes is 1. The second-order valence-electron chi connectivity index (χ2n) is 5.93. The highest BCUT2D eigenvalue weighted by molar-refractivity contribution is 6.33. The highest BCUT2D eigenvalue weighted by atomic mass is 35.5. The number of halogens is 1. The van der Waals surface area contributed by atoms with Crippen LogP contribution in [0.5, 0.6) is 5.75 Å². The minimum absolute atomic E-state index is 0.0849. The van der Waals surface area contributed by atoms with Gasteiger partial charge in [-0.15, -0.1) is 0 Å². The third-order valence-corrected chi connectivity index (χ3v) is 4.32. The summed E-state index contributed by atoms with van der Waals surface area (Å²) < 4.78 is 7.08. The number of ether oxygens (including phenoxy) is 1. The Morgan fingerprint density at radius 2 is 1.92 bits per heavy atom. The Hall–Kier alpha value is -2.59. The Morgan fingerprint density at radius 3 is 2.56 bits per heavy atom. The normalized spacial score (nSPS) is 12.0. The zero-order chi connectivity index (χ0) is 17.8. The smallest absolute Gasteiger partial charge is 0.123 e. The summed E-state index contributed by atoms with van der Waals surface area (Å²) in [6, 6.07) is 17.3. The average molecular weight is 355 g/mol. The van der Waals surface area contributed by atoms with E-state index in [1.54, 1.807) is 7.11 Å². The summed E-state index contributed by atoms with van der Waals surface area (Å²) in [6.07, 6.45) is 1.53. The van der Waals surface area contributed by atoms with Crippen molar-refractivity contribution in [2.75, 3.05) is 7.11 Å². The first-order valence-electron chi connectivity index (χ1n) is 8.06. The first-order valence-corrected chi connectivity index (χ1v) is 8.43. The second-order valence-corrected chi connectivity index (χ2v) is 6.34. The van der Waals surface area contributed by atoms with Crippen LogP contribution < -0.4 is 4.74 Å². The van der Waals surface area contributed by atoms with Crippen molar-refractivity contribution in [2.24, 2.45) is 5.92 Å². The van der Waals surface area contributed by atoms with E-state index in [0.717, 1.165) is 34.7 Å². The van der Waals surface area contributed by atoms with Crippen LogP contribution in [0.4, 0.5) is 0 Å². The van der Waals surface area contributed by atoms with Crippen LogP contribution in [0.15, 0.2) is 54.6 Å². The van der Waals surface area contributed by atoms with Crippen molar-refractivity contribution in [2.45, 2.75) is 13.3 Å². The molecule has 1 atom stereocenters. The Bertz CT molecular complexity index is 872. The number of nitrogens with zero attached hydrogens (tertiary/aromatic N) is 2. The summed E-state index contributed by atoms with van der Waals surface area (Å²) >= 11 is 6.39. The first-order chi connectivity index (χ1) is 12.1. The average Bonchev–Trinajstić information content (AvgIpc) is 3.05. The maximum absolute atomic E-state index is 11.0. The summed E-state index contributed by atoms with van der Waals surface area (Å²) in [5.74, 6) is 0.698. The molecule has 3 rings (SSSR count). The van der Waals surface area contributed by atoms with E-state index in [9.17, 15) is 4.79 Å². The van der Waals surface area contributed by atoms with E-state index in [1.807, 2.05) is 66.2 Å². The molecule has 0 amide bonds. The third-order valence-electron chi connectivity index (χ3n) is 3.99. The molecule has 3 aromatic rings. The molecule has 128 valence electrons. The van der Waals surface area contributed by atoms with Gasteiger partial charge in [0.1, 0.15) is 12.0 Å². The third kappa shape index (κ3) is 3.74. The van der Waals surface area contributed by atoms with Gasteiger partial charge in [0, 0.05) is 22.9 Å². The standard InChI is InChI=1S/C20H19ClN2O2/c1-14(13-24)11-15-12-20(18-5-3-4-6-19(18)21)23(22-15)16-7-9-17(25-2)10-8-16/h3-10,12-14H,11H2,1-2H3. The lowest BCUT2D eigenvalue weighted by Gasteiger charge is -2.09. The molecule has 2 aromatic carbocycles. The van der Waals surface area contributed by atoms with Crippen LogP contribution in [0, 0.1) is 5.92 Å². The van der Waals surface area contributed by atoms with E-state index in [-0.39, 0.29) is 5.92 Å². The van der Waals surface area contributed by atoms with Gasteiger partial charge in [-0.1, -0.05) is 36.7 Å². The monoisotopic (exact) mass is 354 g/mol. The number of rotatable bonds is 6. The van der Waals surface area contributed by atoms with Gasteiger partial charge in [0.25, 0.3) is 0 Å². The second kappa shape index (κ2) is 7.53. The number of hydrogen-bond donors (Lipinski definition) is 0. The molecule has 0 spiro atoms. The van der Waals surface area contributed by atoms with Gasteiger partial charge in [0.05, 0.1) is 24.2 Å². The van der Waals surface area contributed by atoms with E-state index in [1.165, 1.54) is 0 Å². The molecule has 0 aliphatic rings. The maximum Gasteiger partial charge on any atom is 0.123 e. The number of aromatic nitrogens is 2. The summed E-state index contributed by atoms with van der Waals surface area (Å²) in [5, 5.41) is 5.36. The van der Waals surface area contributed by atoms with Gasteiger partial charge in [-0.05, 0) is 36.4 Å². The summed E-state index contributed by atoms with van der Waals surface area (Å²) in [4.78, 5) is 11.0. The van der Waals surface area contributed by atoms with E-state index < -0.39 is 0 Å². The molecule has 25 heavy (non-hydrogen) atoms. The number of hydrogen-bond acceptors (Lipinski definition) is 3. The van der Waals surface area contributed by atoms with Crippen LogP contribution in [-0.2, 0) is 11.2 Å². The lowest BCUT2D eigenvalue weighted by atomic mass is 10.1. The number of carbonyl (C=O) groups excluding carboxylic acids is 1. The number of benzene rings is 2. The Kier molecular flexibility index (Phi) is 5.19. The lowest BCUT2D eigenvalue weighted by Crippen LogP contribution is -2.03. The molecular weight excluding hydrogens is 336 g/mol. The largest absolute Gasteiger partial charge is 0.497 e. The van der Waals surface area contributed by atoms with Crippen molar-refractivity contribution in [3.8, 4) is 22.7 Å². The SMILES string of the molecule is COc1ccc(-n2nc(CC(C)C=O)cc2-c2ccccc2Cl)cc1. The fraction of sp³-hybridized carbons (Fsp3) is 0.200. The van der Waals surface area contributed by atoms with E-state index in [2.05, 4.69) is 0 Å². The molecule has 4 nitrogen and oxygen atoms in total. The number of methoxy groups -OCH3 is 1. The van der Waals surface area contributed by atoms with Crippen LogP contribution in [0.2, 0.25) is 5.02 Å². The molecule has 0 N–H and O–H groups in total. The molecule has 0 bridgehead atoms. The molecular formula is C20H19ClN2O2. The topological polar surface area (TPSA) is 44.1 Å². The van der Waals surface area contributed by atoms with Crippen LogP contribution in [-0.4, -0.2) is 23.2 Å². The van der Waals surface area contributed by atoms with Gasteiger partial charge >= 0.3 is 0 Å². The Morgan fingerprint density at radius 1 is 1.20 bits per heavy atom. The molecule has 0 radical (unpaired) electrons. The van der Waals surface area contributed by atoms with Gasteiger partial charge in [-0.25, -0.2) is 4.68 Å². The first kappa shape index (κ1) is 17.2. The van der Waals surface area contributed by atoms with Crippen molar-refractivity contribution in [1.29, 1.82) is 0 Å². The van der Waals surface area contributed by atoms with Gasteiger partial charge in [-0.3, -0.25) is 0 Å². The zero-order valence-electron chi connectivity index (χ0n) is 14.1. The molecule has 0 saturated heterocycles. The quantitative estimate of drug-likeness (QED) is 0.608. The predicted molar refractivity (Wildman–Crippen MR) is 99.5 cm³/mol. The van der Waals surface area contributed by atoms with Crippen molar-refractivity contribution in [3.05, 3.63) is 65.3 Å². The summed E-state index contributed by atoms with van der Waals surface area (Å²) in [7, 11) is 1.64. The zero-order valence-corrected chi connectivity index (χ0v) is 14.9. The van der Waals surface area contributed by atoms with E-state index in [0.29, 0.717) is 11.4 Å². The van der Waals surface area contributed by atoms with E-state index in [4.69, 9.17) is 21.4 Å². The minimum atomic E-state index is -0.0849. The molecule has 0 aliphatic heterocycles. The molecule has 1 unspecified atom stereocenters. The van der Waals surface area contributed by atoms with Crippen LogP contribution >= 0.6 is 11.6 Å². The highest BCUT2D eigenvalue weighted by Crippen LogP contribution is 2.31. The highest BCUT2D eigenvalue weighted by Gasteiger charge is 2.15. The van der Waals surface area contributed by atoms with Crippen molar-refractivity contribution >= 4 is 17.9 Å². The lowest BCUT2D eigenvalue weighted by molar-refractivity contribution is -0.110. The minimum Gasteiger partial charge on any atom is -0.497 e. The Labute approximate surface area is 152 Å². The molecule has 0 fully saturated rings. The van der Waals surface area contributed by atoms with Gasteiger partial charge in [0.15, 0.2) is 0 Å². The summed E-state index contributed by atoms with van der Waals surface area (Å²) in [5.41, 5.74) is 3.55. The molecule has 1 aromatic heterocycles. The van der Waals surface area contributed by atoms with Crippen molar-refractivity contribution in [1.82, 2.24) is 9.78 Å². The van der Waals surface area contributed by atoms with E-state index >= 15 is 0 Å². The molecule has 0 saturated carbocycles. The fourth-order valence-electron chi connectivity index (χ4n) is 2.69. The van der Waals surface area contributed by atoms with Crippen LogP contribution in [0.25, 0.3) is 16.9 Å². The summed E-state index contributed by atoms with van der Waals surface area (Å²) in [6.45, 7) is 1.88. The Balaban J connectivity index is 2.10. The fourth-order valence-corrected chi connectivity index (χ4v) is 2.92. The predicted octanol–water partition coefficient (Wildman–Crippen LogP) is 4.58. The van der Waals surface area contributed by atoms with Crippen molar-refractivity contribution < 1.29 is 9.53 Å². The van der Waals surface area contributed by atoms with Crippen molar-refractivity contribution in [3.63, 3.8) is 0 Å². The molecule has 1 heterocycles. The number of carbonyl (C=O) groups is 1. The molecule has 5 heteroatoms. The van der Waals surface area contributed by atoms with Crippen LogP contribution in [0.3, 0.4) is 0 Å². The van der Waals surface area contributed by atoms with Gasteiger partial charge < -0.3 is 9.53 Å². The van der Waals surface area contributed by atoms with Gasteiger partial charge in [0.2, 0.25) is 0 Å².